The van der Waals surface area contributed by atoms with Crippen LogP contribution in [0.5, 0.6) is 0 Å². The zero-order valence-electron chi connectivity index (χ0n) is 18.8. The lowest BCUT2D eigenvalue weighted by atomic mass is 10.1. The predicted octanol–water partition coefficient (Wildman–Crippen LogP) is 5.49. The van der Waals surface area contributed by atoms with Crippen molar-refractivity contribution in [3.05, 3.63) is 0 Å². The Morgan fingerprint density at radius 1 is 0.767 bits per heavy atom. The van der Waals surface area contributed by atoms with Crippen LogP contribution >= 0.6 is 8.69 Å². The quantitative estimate of drug-likeness (QED) is 0.133. The molecule has 176 valence electrons. The molecule has 8 heteroatoms. The highest BCUT2D eigenvalue weighted by Crippen LogP contribution is 2.11. The van der Waals surface area contributed by atoms with Gasteiger partial charge in [0.2, 0.25) is 0 Å². The van der Waals surface area contributed by atoms with Crippen LogP contribution in [0.1, 0.15) is 103 Å². The lowest BCUT2D eigenvalue weighted by molar-refractivity contribution is -0.160. The summed E-state index contributed by atoms with van der Waals surface area (Å²) in [6.07, 6.45) is 13.9. The van der Waals surface area contributed by atoms with Crippen molar-refractivity contribution in [2.75, 3.05) is 19.8 Å². The molecule has 0 heterocycles. The van der Waals surface area contributed by atoms with E-state index in [2.05, 4.69) is 6.92 Å². The Labute approximate surface area is 184 Å². The first kappa shape index (κ1) is 29.0. The molecule has 2 N–H and O–H groups in total. The van der Waals surface area contributed by atoms with Crippen LogP contribution in [0.15, 0.2) is 0 Å². The molecular weight excluding hydrogens is 405 g/mol. The summed E-state index contributed by atoms with van der Waals surface area (Å²) in [5, 5.41) is 0. The number of esters is 2. The number of hydrogen-bond donors (Lipinski definition) is 1. The zero-order chi connectivity index (χ0) is 22.3. The van der Waals surface area contributed by atoms with Crippen molar-refractivity contribution in [3.63, 3.8) is 0 Å². The number of ether oxygens (including phenoxy) is 2. The van der Waals surface area contributed by atoms with Crippen molar-refractivity contribution in [2.45, 2.75) is 109 Å². The van der Waals surface area contributed by atoms with E-state index in [4.69, 9.17) is 19.7 Å². The van der Waals surface area contributed by atoms with Crippen LogP contribution in [-0.4, -0.2) is 37.8 Å². The van der Waals surface area contributed by atoms with Crippen molar-refractivity contribution >= 4 is 20.6 Å². The van der Waals surface area contributed by atoms with Crippen molar-refractivity contribution in [2.24, 2.45) is 5.73 Å². The van der Waals surface area contributed by atoms with Gasteiger partial charge in [0, 0.05) is 12.8 Å². The fraction of sp³-hybridized carbons (Fsp3) is 0.909. The third kappa shape index (κ3) is 20.2. The van der Waals surface area contributed by atoms with E-state index < -0.39 is 14.8 Å². The van der Waals surface area contributed by atoms with Gasteiger partial charge in [-0.15, -0.1) is 0 Å². The summed E-state index contributed by atoms with van der Waals surface area (Å²) in [6, 6.07) is 0. The summed E-state index contributed by atoms with van der Waals surface area (Å²) in [6.45, 7) is 2.77. The normalized spacial score (nSPS) is 12.1. The minimum atomic E-state index is -0.733. The molecule has 0 aromatic rings. The van der Waals surface area contributed by atoms with Crippen LogP contribution in [0, 0.1) is 0 Å². The largest absolute Gasteiger partial charge is 0.462 e. The topological polar surface area (TPSA) is 105 Å². The van der Waals surface area contributed by atoms with Gasteiger partial charge in [-0.3, -0.25) is 14.1 Å². The van der Waals surface area contributed by atoms with E-state index in [0.29, 0.717) is 12.8 Å². The average Bonchev–Trinajstić information content (AvgIpc) is 2.74. The van der Waals surface area contributed by atoms with Gasteiger partial charge in [-0.1, -0.05) is 71.1 Å². The first-order valence-electron chi connectivity index (χ1n) is 11.6. The number of unbranched alkanes of at least 4 members (excludes halogenated alkanes) is 11. The Morgan fingerprint density at radius 3 is 1.87 bits per heavy atom. The molecule has 0 radical (unpaired) electrons. The maximum atomic E-state index is 12.0. The maximum absolute atomic E-state index is 12.0. The monoisotopic (exact) mass is 447 g/mol. The van der Waals surface area contributed by atoms with E-state index in [1.807, 2.05) is 0 Å². The van der Waals surface area contributed by atoms with Crippen LogP contribution in [0.4, 0.5) is 0 Å². The molecule has 0 aromatic carbocycles. The molecule has 0 aliphatic carbocycles. The van der Waals surface area contributed by atoms with E-state index >= 15 is 0 Å². The van der Waals surface area contributed by atoms with E-state index in [1.165, 1.54) is 25.7 Å². The Kier molecular flexibility index (Phi) is 21.9. The van der Waals surface area contributed by atoms with Gasteiger partial charge in [0.15, 0.2) is 6.10 Å². The SMILES string of the molecule is CCCCCCCCCC(=O)O[C@@H](COP=O)COC(=O)CCCCCCCCN. The number of hydrogen-bond acceptors (Lipinski definition) is 7. The third-order valence-corrected chi connectivity index (χ3v) is 5.12. The fourth-order valence-corrected chi connectivity index (χ4v) is 3.31. The van der Waals surface area contributed by atoms with Gasteiger partial charge in [0.1, 0.15) is 13.2 Å². The predicted molar refractivity (Wildman–Crippen MR) is 118 cm³/mol. The molecule has 0 unspecified atom stereocenters. The van der Waals surface area contributed by atoms with Crippen molar-refractivity contribution in [3.8, 4) is 0 Å². The highest BCUT2D eigenvalue weighted by molar-refractivity contribution is 7.17. The fourth-order valence-electron chi connectivity index (χ4n) is 3.08. The number of nitrogens with two attached hydrogens (primary N) is 1. The lowest BCUT2D eigenvalue weighted by Crippen LogP contribution is -2.28. The van der Waals surface area contributed by atoms with Gasteiger partial charge < -0.3 is 15.2 Å². The average molecular weight is 448 g/mol. The van der Waals surface area contributed by atoms with Crippen LogP contribution in [0.2, 0.25) is 0 Å². The molecule has 0 fully saturated rings. The van der Waals surface area contributed by atoms with Crippen LogP contribution in [-0.2, 0) is 28.2 Å². The zero-order valence-corrected chi connectivity index (χ0v) is 19.7. The Balaban J connectivity index is 3.92. The van der Waals surface area contributed by atoms with Crippen LogP contribution in [0.25, 0.3) is 0 Å². The maximum Gasteiger partial charge on any atom is 0.327 e. The lowest BCUT2D eigenvalue weighted by Gasteiger charge is -2.16. The molecule has 0 amide bonds. The summed E-state index contributed by atoms with van der Waals surface area (Å²) in [5.74, 6) is -0.655. The molecule has 0 rings (SSSR count). The third-order valence-electron chi connectivity index (χ3n) is 4.86. The summed E-state index contributed by atoms with van der Waals surface area (Å²) in [4.78, 5) is 23.9. The molecule has 7 nitrogen and oxygen atoms in total. The smallest absolute Gasteiger partial charge is 0.327 e. The minimum Gasteiger partial charge on any atom is -0.462 e. The van der Waals surface area contributed by atoms with Crippen molar-refractivity contribution in [1.29, 1.82) is 0 Å². The van der Waals surface area contributed by atoms with Crippen LogP contribution in [0.3, 0.4) is 0 Å². The summed E-state index contributed by atoms with van der Waals surface area (Å²) >= 11 is 0. The Morgan fingerprint density at radius 2 is 1.30 bits per heavy atom. The van der Waals surface area contributed by atoms with Crippen molar-refractivity contribution < 1.29 is 28.2 Å². The molecule has 1 atom stereocenters. The van der Waals surface area contributed by atoms with E-state index in [1.54, 1.807) is 0 Å². The Hall–Kier alpha value is -1.04. The first-order valence-corrected chi connectivity index (χ1v) is 12.4. The Bertz CT molecular complexity index is 436. The van der Waals surface area contributed by atoms with Gasteiger partial charge in [0.05, 0.1) is 0 Å². The minimum absolute atomic E-state index is 0.0672. The standard InChI is InChI=1S/C22H42NO6P/c1-2-3-4-5-6-10-13-16-22(25)29-20(19-28-30-26)18-27-21(24)15-12-9-7-8-11-14-17-23/h20H,2-19,23H2,1H3/t20-/m1/s1. The summed E-state index contributed by atoms with van der Waals surface area (Å²) < 4.78 is 25.9. The highest BCUT2D eigenvalue weighted by atomic mass is 31.1. The van der Waals surface area contributed by atoms with Crippen molar-refractivity contribution in [1.82, 2.24) is 0 Å². The number of rotatable bonds is 22. The second kappa shape index (κ2) is 22.6. The second-order valence-electron chi connectivity index (χ2n) is 7.70. The molecule has 0 saturated heterocycles. The second-order valence-corrected chi connectivity index (χ2v) is 8.10. The van der Waals surface area contributed by atoms with Gasteiger partial charge in [-0.05, 0) is 25.8 Å². The van der Waals surface area contributed by atoms with E-state index in [9.17, 15) is 14.2 Å². The molecule has 0 aliphatic heterocycles. The van der Waals surface area contributed by atoms with Gasteiger partial charge >= 0.3 is 20.6 Å². The molecule has 0 bridgehead atoms. The molecular formula is C22H42NO6P. The molecule has 0 saturated carbocycles. The number of carbonyl (C=O) groups is 2. The summed E-state index contributed by atoms with van der Waals surface area (Å²) in [5.41, 5.74) is 5.46. The molecule has 0 aliphatic rings. The van der Waals surface area contributed by atoms with E-state index in [-0.39, 0.29) is 25.2 Å². The van der Waals surface area contributed by atoms with E-state index in [0.717, 1.165) is 64.3 Å². The molecule has 30 heavy (non-hydrogen) atoms. The first-order chi connectivity index (χ1) is 14.6. The van der Waals surface area contributed by atoms with Crippen LogP contribution < -0.4 is 5.73 Å². The van der Waals surface area contributed by atoms with Gasteiger partial charge in [-0.25, -0.2) is 4.57 Å². The number of carbonyl (C=O) groups excluding carboxylic acids is 2. The molecule has 0 aromatic heterocycles. The highest BCUT2D eigenvalue weighted by Gasteiger charge is 2.17. The summed E-state index contributed by atoms with van der Waals surface area (Å²) in [7, 11) is -0.493. The van der Waals surface area contributed by atoms with Gasteiger partial charge in [-0.2, -0.15) is 0 Å². The van der Waals surface area contributed by atoms with Gasteiger partial charge in [0.25, 0.3) is 0 Å². The molecule has 0 spiro atoms.